The third-order valence-corrected chi connectivity index (χ3v) is 5.93. The van der Waals surface area contributed by atoms with E-state index in [1.807, 2.05) is 13.8 Å². The topological polar surface area (TPSA) is 52.6 Å². The van der Waals surface area contributed by atoms with E-state index < -0.39 is 5.60 Å². The van der Waals surface area contributed by atoms with Gasteiger partial charge in [0.2, 0.25) is 0 Å². The third kappa shape index (κ3) is 1.95. The van der Waals surface area contributed by atoms with E-state index in [0.717, 1.165) is 25.7 Å². The molecule has 21 heavy (non-hydrogen) atoms. The molecule has 5 atom stereocenters. The lowest BCUT2D eigenvalue weighted by Gasteiger charge is -2.42. The number of esters is 2. The average Bonchev–Trinajstić information content (AvgIpc) is 3.06. The highest BCUT2D eigenvalue weighted by Gasteiger charge is 2.67. The van der Waals surface area contributed by atoms with Gasteiger partial charge in [0.15, 0.2) is 0 Å². The second-order valence-electron chi connectivity index (χ2n) is 6.86. The molecule has 1 heterocycles. The molecule has 0 radical (unpaired) electrons. The Hall–Kier alpha value is -1.32. The second-order valence-corrected chi connectivity index (χ2v) is 6.86. The lowest BCUT2D eigenvalue weighted by Crippen LogP contribution is -2.48. The molecule has 0 aromatic heterocycles. The zero-order valence-corrected chi connectivity index (χ0v) is 13.1. The summed E-state index contributed by atoms with van der Waals surface area (Å²) in [6, 6.07) is 0. The van der Waals surface area contributed by atoms with Crippen LogP contribution < -0.4 is 0 Å². The van der Waals surface area contributed by atoms with Crippen molar-refractivity contribution in [2.45, 2.75) is 58.2 Å². The van der Waals surface area contributed by atoms with Crippen LogP contribution in [0.5, 0.6) is 0 Å². The molecule has 1 aliphatic heterocycles. The zero-order chi connectivity index (χ0) is 15.4. The quantitative estimate of drug-likeness (QED) is 0.577. The second kappa shape index (κ2) is 4.85. The number of hydrogen-bond donors (Lipinski definition) is 0. The number of carbonyl (C=O) groups excluding carboxylic acids is 2. The first kappa shape index (κ1) is 14.6. The maximum atomic E-state index is 12.2. The number of carbonyl (C=O) groups is 2. The standard InChI is InChI=1S/C17H24O4/c1-5-17(6-2,21-15(18)9(3)4)14-10-7-11-12(8-10)20-16(19)13(11)14/h10-14H,3,5-8H2,1-2,4H3. The summed E-state index contributed by atoms with van der Waals surface area (Å²) >= 11 is 0. The molecule has 2 saturated carbocycles. The van der Waals surface area contributed by atoms with Gasteiger partial charge in [0.25, 0.3) is 0 Å². The molecule has 2 bridgehead atoms. The SMILES string of the molecule is C=C(C)C(=O)OC(CC)(CC)C1C2CC3OC(=O)C1C3C2. The predicted octanol–water partition coefficient (Wildman–Crippen LogP) is 2.86. The summed E-state index contributed by atoms with van der Waals surface area (Å²) in [4.78, 5) is 24.3. The molecule has 0 spiro atoms. The number of fused-ring (bicyclic) bond motifs is 1. The van der Waals surface area contributed by atoms with E-state index in [4.69, 9.17) is 9.47 Å². The number of ether oxygens (including phenoxy) is 2. The number of hydrogen-bond acceptors (Lipinski definition) is 4. The van der Waals surface area contributed by atoms with Gasteiger partial charge in [-0.25, -0.2) is 4.79 Å². The molecule has 3 rings (SSSR count). The highest BCUT2D eigenvalue weighted by molar-refractivity contribution is 5.87. The molecule has 116 valence electrons. The van der Waals surface area contributed by atoms with Crippen LogP contribution in [0.1, 0.15) is 46.5 Å². The van der Waals surface area contributed by atoms with Crippen molar-refractivity contribution >= 4 is 11.9 Å². The van der Waals surface area contributed by atoms with Crippen LogP contribution in [0.2, 0.25) is 0 Å². The van der Waals surface area contributed by atoms with Crippen LogP contribution in [0, 0.1) is 23.7 Å². The smallest absolute Gasteiger partial charge is 0.333 e. The van der Waals surface area contributed by atoms with Gasteiger partial charge in [-0.05, 0) is 38.5 Å². The Morgan fingerprint density at radius 3 is 2.62 bits per heavy atom. The Bertz CT molecular complexity index is 489. The molecule has 1 saturated heterocycles. The predicted molar refractivity (Wildman–Crippen MR) is 77.3 cm³/mol. The first-order valence-corrected chi connectivity index (χ1v) is 8.02. The van der Waals surface area contributed by atoms with Crippen molar-refractivity contribution in [2.24, 2.45) is 23.7 Å². The van der Waals surface area contributed by atoms with Crippen LogP contribution in [0.4, 0.5) is 0 Å². The van der Waals surface area contributed by atoms with E-state index in [-0.39, 0.29) is 29.9 Å². The van der Waals surface area contributed by atoms with Crippen molar-refractivity contribution in [2.75, 3.05) is 0 Å². The van der Waals surface area contributed by atoms with Crippen LogP contribution in [0.3, 0.4) is 0 Å². The minimum absolute atomic E-state index is 0.0763. The van der Waals surface area contributed by atoms with Crippen molar-refractivity contribution in [3.63, 3.8) is 0 Å². The lowest BCUT2D eigenvalue weighted by atomic mass is 9.68. The van der Waals surface area contributed by atoms with E-state index in [1.165, 1.54) is 0 Å². The highest BCUT2D eigenvalue weighted by atomic mass is 16.6. The third-order valence-electron chi connectivity index (χ3n) is 5.93. The summed E-state index contributed by atoms with van der Waals surface area (Å²) in [6.45, 7) is 9.43. The van der Waals surface area contributed by atoms with E-state index in [0.29, 0.717) is 17.4 Å². The fraction of sp³-hybridized carbons (Fsp3) is 0.765. The summed E-state index contributed by atoms with van der Waals surface area (Å²) in [7, 11) is 0. The Morgan fingerprint density at radius 2 is 2.05 bits per heavy atom. The molecule has 2 aliphatic carbocycles. The molecular weight excluding hydrogens is 268 g/mol. The van der Waals surface area contributed by atoms with Gasteiger partial charge in [-0.3, -0.25) is 4.79 Å². The molecule has 0 amide bonds. The molecule has 0 aromatic rings. The Labute approximate surface area is 125 Å². The van der Waals surface area contributed by atoms with Gasteiger partial charge < -0.3 is 9.47 Å². The van der Waals surface area contributed by atoms with Crippen LogP contribution in [0.25, 0.3) is 0 Å². The van der Waals surface area contributed by atoms with E-state index in [2.05, 4.69) is 6.58 Å². The summed E-state index contributed by atoms with van der Waals surface area (Å²) in [5.41, 5.74) is -0.148. The van der Waals surface area contributed by atoms with Crippen LogP contribution >= 0.6 is 0 Å². The zero-order valence-electron chi connectivity index (χ0n) is 13.1. The summed E-state index contributed by atoms with van der Waals surface area (Å²) < 4.78 is 11.4. The van der Waals surface area contributed by atoms with Gasteiger partial charge in [0.05, 0.1) is 5.92 Å². The lowest BCUT2D eigenvalue weighted by molar-refractivity contribution is -0.170. The van der Waals surface area contributed by atoms with Crippen LogP contribution in [0.15, 0.2) is 12.2 Å². The Morgan fingerprint density at radius 1 is 1.38 bits per heavy atom. The summed E-state index contributed by atoms with van der Waals surface area (Å²) in [6.07, 6.45) is 3.55. The molecular formula is C17H24O4. The van der Waals surface area contributed by atoms with E-state index >= 15 is 0 Å². The van der Waals surface area contributed by atoms with Gasteiger partial charge in [-0.2, -0.15) is 0 Å². The number of rotatable bonds is 5. The van der Waals surface area contributed by atoms with E-state index in [1.54, 1.807) is 6.92 Å². The minimum Gasteiger partial charge on any atom is -0.462 e. The van der Waals surface area contributed by atoms with Crippen LogP contribution in [-0.2, 0) is 19.1 Å². The fourth-order valence-electron chi connectivity index (χ4n) is 4.95. The first-order chi connectivity index (χ1) is 9.93. The molecule has 0 N–H and O–H groups in total. The van der Waals surface area contributed by atoms with Crippen molar-refractivity contribution < 1.29 is 19.1 Å². The first-order valence-electron chi connectivity index (χ1n) is 8.02. The largest absolute Gasteiger partial charge is 0.462 e. The maximum absolute atomic E-state index is 12.2. The van der Waals surface area contributed by atoms with Crippen molar-refractivity contribution in [1.82, 2.24) is 0 Å². The normalized spacial score (nSPS) is 36.7. The molecule has 4 heteroatoms. The Kier molecular flexibility index (Phi) is 3.38. The molecule has 5 unspecified atom stereocenters. The van der Waals surface area contributed by atoms with Crippen molar-refractivity contribution in [3.05, 3.63) is 12.2 Å². The minimum atomic E-state index is -0.561. The van der Waals surface area contributed by atoms with Gasteiger partial charge in [0.1, 0.15) is 11.7 Å². The summed E-state index contributed by atoms with van der Waals surface area (Å²) in [5.74, 6) is 0.387. The maximum Gasteiger partial charge on any atom is 0.333 e. The summed E-state index contributed by atoms with van der Waals surface area (Å²) in [5, 5.41) is 0. The van der Waals surface area contributed by atoms with Gasteiger partial charge in [-0.1, -0.05) is 20.4 Å². The molecule has 0 aromatic carbocycles. The highest BCUT2D eigenvalue weighted by Crippen LogP contribution is 2.62. The molecule has 4 nitrogen and oxygen atoms in total. The monoisotopic (exact) mass is 292 g/mol. The average molecular weight is 292 g/mol. The molecule has 3 aliphatic rings. The fourth-order valence-corrected chi connectivity index (χ4v) is 4.95. The van der Waals surface area contributed by atoms with Crippen molar-refractivity contribution in [1.29, 1.82) is 0 Å². The van der Waals surface area contributed by atoms with Gasteiger partial charge >= 0.3 is 11.9 Å². The van der Waals surface area contributed by atoms with Crippen LogP contribution in [-0.4, -0.2) is 23.6 Å². The Balaban J connectivity index is 1.92. The van der Waals surface area contributed by atoms with Gasteiger partial charge in [0, 0.05) is 17.4 Å². The van der Waals surface area contributed by atoms with Crippen molar-refractivity contribution in [3.8, 4) is 0 Å². The van der Waals surface area contributed by atoms with E-state index in [9.17, 15) is 9.59 Å². The molecule has 3 fully saturated rings. The van der Waals surface area contributed by atoms with Gasteiger partial charge in [-0.15, -0.1) is 0 Å².